The predicted octanol–water partition coefficient (Wildman–Crippen LogP) is 2.80. The molecular formula is C24H32O5Si. The Hall–Kier alpha value is -1.54. The molecule has 0 unspecified atom stereocenters. The number of hydrogen-bond donors (Lipinski definition) is 1. The van der Waals surface area contributed by atoms with Gasteiger partial charge in [0.2, 0.25) is 0 Å². The fourth-order valence-electron chi connectivity index (χ4n) is 4.73. The van der Waals surface area contributed by atoms with Crippen molar-refractivity contribution in [2.75, 3.05) is 6.61 Å². The van der Waals surface area contributed by atoms with Crippen molar-refractivity contribution in [3.8, 4) is 0 Å². The van der Waals surface area contributed by atoms with Crippen molar-refractivity contribution in [3.63, 3.8) is 0 Å². The van der Waals surface area contributed by atoms with Crippen LogP contribution in [0.2, 0.25) is 5.04 Å². The molecule has 0 saturated carbocycles. The van der Waals surface area contributed by atoms with E-state index >= 15 is 0 Å². The Bertz CT molecular complexity index is 809. The Morgan fingerprint density at radius 1 is 0.933 bits per heavy atom. The van der Waals surface area contributed by atoms with Crippen LogP contribution in [0, 0.1) is 0 Å². The highest BCUT2D eigenvalue weighted by Gasteiger charge is 2.60. The lowest BCUT2D eigenvalue weighted by molar-refractivity contribution is -0.217. The molecule has 2 saturated heterocycles. The molecule has 0 bridgehead atoms. The standard InChI is InChI=1S/C24H32O5Si/c1-23(2,3)30(17-12-8-6-9-13-17,18-14-10-7-11-15-18)29-20-19(16-25)26-22-21(20)27-24(4,5)28-22/h6-15,19-22,25H,16H2,1-5H3/t19-,20+,21-,22-/m1/s1. The van der Waals surface area contributed by atoms with E-state index in [1.165, 1.54) is 10.4 Å². The lowest BCUT2D eigenvalue weighted by Gasteiger charge is -2.45. The number of aliphatic hydroxyl groups excluding tert-OH is 1. The van der Waals surface area contributed by atoms with Gasteiger partial charge in [-0.05, 0) is 29.3 Å². The van der Waals surface area contributed by atoms with Crippen LogP contribution in [0.1, 0.15) is 34.6 Å². The summed E-state index contributed by atoms with van der Waals surface area (Å²) < 4.78 is 25.3. The molecule has 2 aromatic rings. The molecule has 4 atom stereocenters. The van der Waals surface area contributed by atoms with Gasteiger partial charge < -0.3 is 23.7 Å². The quantitative estimate of drug-likeness (QED) is 0.742. The molecule has 1 N–H and O–H groups in total. The number of ether oxygens (including phenoxy) is 3. The van der Waals surface area contributed by atoms with E-state index in [-0.39, 0.29) is 11.6 Å². The fourth-order valence-corrected chi connectivity index (χ4v) is 9.44. The predicted molar refractivity (Wildman–Crippen MR) is 118 cm³/mol. The molecule has 2 heterocycles. The molecule has 0 amide bonds. The number of fused-ring (bicyclic) bond motifs is 1. The molecular weight excluding hydrogens is 396 g/mol. The van der Waals surface area contributed by atoms with Gasteiger partial charge in [-0.25, -0.2) is 0 Å². The van der Waals surface area contributed by atoms with Crippen LogP contribution in [0.4, 0.5) is 0 Å². The number of aliphatic hydroxyl groups is 1. The molecule has 30 heavy (non-hydrogen) atoms. The first-order valence-electron chi connectivity index (χ1n) is 10.6. The third-order valence-electron chi connectivity index (χ3n) is 6.00. The first-order valence-corrected chi connectivity index (χ1v) is 12.5. The van der Waals surface area contributed by atoms with E-state index in [2.05, 4.69) is 69.3 Å². The second-order valence-corrected chi connectivity index (χ2v) is 13.8. The van der Waals surface area contributed by atoms with Gasteiger partial charge in [-0.2, -0.15) is 0 Å². The fraction of sp³-hybridized carbons (Fsp3) is 0.500. The molecule has 0 aromatic heterocycles. The summed E-state index contributed by atoms with van der Waals surface area (Å²) in [4.78, 5) is 0. The van der Waals surface area contributed by atoms with E-state index in [9.17, 15) is 5.11 Å². The van der Waals surface area contributed by atoms with Gasteiger partial charge >= 0.3 is 0 Å². The molecule has 2 fully saturated rings. The second kappa shape index (κ2) is 7.86. The molecule has 6 heteroatoms. The zero-order chi connectivity index (χ0) is 21.6. The van der Waals surface area contributed by atoms with Gasteiger partial charge in [-0.15, -0.1) is 0 Å². The molecule has 2 aliphatic rings. The maximum absolute atomic E-state index is 10.1. The minimum atomic E-state index is -2.81. The molecule has 162 valence electrons. The monoisotopic (exact) mass is 428 g/mol. The molecule has 2 aromatic carbocycles. The van der Waals surface area contributed by atoms with Crippen molar-refractivity contribution in [3.05, 3.63) is 60.7 Å². The molecule has 2 aliphatic heterocycles. The summed E-state index contributed by atoms with van der Waals surface area (Å²) in [6.45, 7) is 10.3. The number of rotatable bonds is 5. The molecule has 0 radical (unpaired) electrons. The van der Waals surface area contributed by atoms with E-state index in [1.807, 2.05) is 26.0 Å². The van der Waals surface area contributed by atoms with Crippen LogP contribution in [-0.2, 0) is 18.6 Å². The Balaban J connectivity index is 1.84. The van der Waals surface area contributed by atoms with Gasteiger partial charge in [-0.1, -0.05) is 81.4 Å². The summed E-state index contributed by atoms with van der Waals surface area (Å²) >= 11 is 0. The summed E-state index contributed by atoms with van der Waals surface area (Å²) in [5, 5.41) is 12.2. The summed E-state index contributed by atoms with van der Waals surface area (Å²) in [5.41, 5.74) is 0. The lowest BCUT2D eigenvalue weighted by Crippen LogP contribution is -2.69. The maximum Gasteiger partial charge on any atom is 0.261 e. The molecule has 5 nitrogen and oxygen atoms in total. The highest BCUT2D eigenvalue weighted by atomic mass is 28.4. The van der Waals surface area contributed by atoms with Crippen LogP contribution in [0.5, 0.6) is 0 Å². The highest BCUT2D eigenvalue weighted by Crippen LogP contribution is 2.43. The average Bonchev–Trinajstić information content (AvgIpc) is 3.17. The number of benzene rings is 2. The first-order chi connectivity index (χ1) is 14.2. The van der Waals surface area contributed by atoms with E-state index in [0.717, 1.165) is 0 Å². The van der Waals surface area contributed by atoms with Crippen molar-refractivity contribution in [1.82, 2.24) is 0 Å². The summed E-state index contributed by atoms with van der Waals surface area (Å²) in [5.74, 6) is -0.747. The van der Waals surface area contributed by atoms with Gasteiger partial charge in [0.05, 0.1) is 6.61 Å². The Labute approximate surface area is 180 Å². The Morgan fingerprint density at radius 2 is 1.47 bits per heavy atom. The van der Waals surface area contributed by atoms with Gasteiger partial charge in [-0.3, -0.25) is 0 Å². The van der Waals surface area contributed by atoms with Crippen LogP contribution >= 0.6 is 0 Å². The zero-order valence-corrected chi connectivity index (χ0v) is 19.4. The van der Waals surface area contributed by atoms with E-state index in [1.54, 1.807) is 0 Å². The van der Waals surface area contributed by atoms with Crippen LogP contribution in [-0.4, -0.2) is 50.4 Å². The second-order valence-electron chi connectivity index (χ2n) is 9.57. The van der Waals surface area contributed by atoms with Crippen LogP contribution < -0.4 is 10.4 Å². The molecule has 0 aliphatic carbocycles. The Kier molecular flexibility index (Phi) is 5.68. The van der Waals surface area contributed by atoms with E-state index in [4.69, 9.17) is 18.6 Å². The molecule has 4 rings (SSSR count). The van der Waals surface area contributed by atoms with Crippen molar-refractivity contribution in [1.29, 1.82) is 0 Å². The lowest BCUT2D eigenvalue weighted by atomic mass is 10.1. The van der Waals surface area contributed by atoms with Crippen LogP contribution in [0.25, 0.3) is 0 Å². The van der Waals surface area contributed by atoms with Gasteiger partial charge in [0.25, 0.3) is 8.32 Å². The summed E-state index contributed by atoms with van der Waals surface area (Å²) in [7, 11) is -2.81. The normalized spacial score (nSPS) is 28.5. The van der Waals surface area contributed by atoms with Crippen molar-refractivity contribution >= 4 is 18.7 Å². The van der Waals surface area contributed by atoms with Crippen molar-refractivity contribution in [2.24, 2.45) is 0 Å². The van der Waals surface area contributed by atoms with Gasteiger partial charge in [0.1, 0.15) is 18.3 Å². The van der Waals surface area contributed by atoms with E-state index in [0.29, 0.717) is 0 Å². The topological polar surface area (TPSA) is 57.2 Å². The maximum atomic E-state index is 10.1. The smallest absolute Gasteiger partial charge is 0.261 e. The summed E-state index contributed by atoms with van der Waals surface area (Å²) in [6, 6.07) is 20.9. The minimum Gasteiger partial charge on any atom is -0.399 e. The number of hydrogen-bond acceptors (Lipinski definition) is 5. The molecule has 0 spiro atoms. The van der Waals surface area contributed by atoms with Crippen molar-refractivity contribution < 1.29 is 23.7 Å². The SMILES string of the molecule is CC1(C)O[C@H]2O[C@H](CO)[C@H](O[Si](c3ccccc3)(c3ccccc3)C(C)(C)C)[C@H]2O1. The van der Waals surface area contributed by atoms with Crippen molar-refractivity contribution in [2.45, 2.75) is 70.0 Å². The average molecular weight is 429 g/mol. The Morgan fingerprint density at radius 3 is 1.93 bits per heavy atom. The van der Waals surface area contributed by atoms with Gasteiger partial charge in [0, 0.05) is 0 Å². The van der Waals surface area contributed by atoms with Crippen LogP contribution in [0.3, 0.4) is 0 Å². The zero-order valence-electron chi connectivity index (χ0n) is 18.4. The minimum absolute atomic E-state index is 0.150. The highest BCUT2D eigenvalue weighted by molar-refractivity contribution is 6.99. The van der Waals surface area contributed by atoms with E-state index < -0.39 is 38.7 Å². The van der Waals surface area contributed by atoms with Crippen LogP contribution in [0.15, 0.2) is 60.7 Å². The third kappa shape index (κ3) is 3.66. The summed E-state index contributed by atoms with van der Waals surface area (Å²) in [6.07, 6.45) is -1.87. The largest absolute Gasteiger partial charge is 0.399 e. The third-order valence-corrected chi connectivity index (χ3v) is 11.0. The van der Waals surface area contributed by atoms with Gasteiger partial charge in [0.15, 0.2) is 12.1 Å². The first kappa shape index (κ1) is 21.7.